The van der Waals surface area contributed by atoms with Crippen LogP contribution in [0.2, 0.25) is 0 Å². The van der Waals surface area contributed by atoms with Crippen LogP contribution in [-0.4, -0.2) is 121 Å². The molecule has 2 aliphatic rings. The van der Waals surface area contributed by atoms with E-state index in [2.05, 4.69) is 13.4 Å². The number of aryl methyl sites for hydroxylation is 1. The second kappa shape index (κ2) is 14.7. The van der Waals surface area contributed by atoms with E-state index in [1.165, 1.54) is 13.1 Å². The molecule has 0 saturated carbocycles. The number of H-pyrrole nitrogens is 1. The van der Waals surface area contributed by atoms with Crippen molar-refractivity contribution in [3.05, 3.63) is 32.6 Å². The van der Waals surface area contributed by atoms with Crippen molar-refractivity contribution in [2.45, 2.75) is 62.5 Å². The zero-order chi connectivity index (χ0) is 27.0. The van der Waals surface area contributed by atoms with Crippen LogP contribution in [0.25, 0.3) is 0 Å². The maximum Gasteiger partial charge on any atom is 1.00 e. The number of hydrogen-bond acceptors (Lipinski definition) is 16. The Hall–Kier alpha value is 0.660. The summed E-state index contributed by atoms with van der Waals surface area (Å²) < 4.78 is 47.8. The molecule has 18 nitrogen and oxygen atoms in total. The molecule has 22 heteroatoms. The molecule has 2 unspecified atom stereocenters. The number of phosphoric ester groups is 2. The van der Waals surface area contributed by atoms with E-state index in [9.17, 15) is 48.9 Å². The molecule has 1 radical (unpaired) electrons. The molecule has 207 valence electrons. The first-order valence-corrected chi connectivity index (χ1v) is 13.2. The molecular weight excluding hydrogens is 584 g/mol. The molecule has 10 atom stereocenters. The zero-order valence-corrected chi connectivity index (χ0v) is 26.2. The summed E-state index contributed by atoms with van der Waals surface area (Å²) in [6.45, 7) is -0.442. The summed E-state index contributed by atoms with van der Waals surface area (Å²) in [5, 5.41) is 48.4. The summed E-state index contributed by atoms with van der Waals surface area (Å²) in [6.07, 6.45) is -12.7. The van der Waals surface area contributed by atoms with E-state index in [0.717, 1.165) is 4.57 Å². The number of nitrogens with zero attached hydrogens (tertiary/aromatic N) is 1. The quantitative estimate of drug-likeness (QED) is 0.112. The van der Waals surface area contributed by atoms with Crippen LogP contribution in [0.3, 0.4) is 0 Å². The topological polar surface area (TPSA) is 282 Å². The maximum atomic E-state index is 12.0. The average molecular weight is 608 g/mol. The van der Waals surface area contributed by atoms with Crippen molar-refractivity contribution in [3.8, 4) is 0 Å². The summed E-state index contributed by atoms with van der Waals surface area (Å²) >= 11 is 0. The standard InChI is InChI=1S/C16H26N2O16P2.2Na/c1-6-3-18(16(25)17-14(6)24)10-2-7(20)9(31-10)5-30-35(26,27)34-36(28,29)33-15-13(23)12(22)11(21)8(4-19)32-15;;/h3,7-13,15,19-23H,2,4-5H2,1H3,(H,26,27)(H,28,29)(H,17,24,25);;/q;;+1/p-2/t7-,8+,9+,10+,11+,12-,13+,15+;;/m0../s1. The van der Waals surface area contributed by atoms with Crippen molar-refractivity contribution in [2.24, 2.45) is 0 Å². The number of aromatic nitrogens is 2. The summed E-state index contributed by atoms with van der Waals surface area (Å²) in [5.74, 6) is 0. The Kier molecular flexibility index (Phi) is 14.2. The summed E-state index contributed by atoms with van der Waals surface area (Å²) in [4.78, 5) is 49.6. The second-order valence-electron chi connectivity index (χ2n) is 7.99. The molecule has 2 fully saturated rings. The first-order chi connectivity index (χ1) is 16.6. The van der Waals surface area contributed by atoms with Crippen LogP contribution in [0.4, 0.5) is 0 Å². The third-order valence-electron chi connectivity index (χ3n) is 5.34. The molecule has 1 aromatic rings. The van der Waals surface area contributed by atoms with Gasteiger partial charge in [-0.1, -0.05) is 0 Å². The van der Waals surface area contributed by atoms with E-state index in [4.69, 9.17) is 14.6 Å². The molecule has 0 aromatic carbocycles. The Labute approximate surface area is 258 Å². The van der Waals surface area contributed by atoms with Crippen LogP contribution in [-0.2, 0) is 32.0 Å². The minimum atomic E-state index is -5.85. The zero-order valence-electron chi connectivity index (χ0n) is 20.4. The Morgan fingerprint density at radius 3 is 2.32 bits per heavy atom. The summed E-state index contributed by atoms with van der Waals surface area (Å²) in [5.41, 5.74) is -1.32. The predicted octanol–water partition coefficient (Wildman–Crippen LogP) is -8.10. The number of aromatic amines is 1. The third-order valence-corrected chi connectivity index (χ3v) is 7.87. The van der Waals surface area contributed by atoms with Crippen LogP contribution < -0.4 is 50.6 Å². The number of phosphoric acid groups is 2. The first-order valence-electron chi connectivity index (χ1n) is 10.3. The van der Waals surface area contributed by atoms with Gasteiger partial charge in [0.25, 0.3) is 21.2 Å². The molecule has 0 bridgehead atoms. The molecule has 6 N–H and O–H groups in total. The van der Waals surface area contributed by atoms with Crippen molar-refractivity contribution < 1.29 is 96.8 Å². The third kappa shape index (κ3) is 9.08. The SMILES string of the molecule is Cc1cn([C@H]2C[C@H](O)[C@@H](COP(=O)([O-])OP(=O)([O-])O[C@H]3O[C@H](CO)[C@@H](O)[C@H](O)[C@H]3O)O2)c(=O)[nH]c1=O.[Na+].[Na]. The monoisotopic (exact) mass is 608 g/mol. The van der Waals surface area contributed by atoms with Crippen molar-refractivity contribution in [3.63, 3.8) is 0 Å². The fraction of sp³-hybridized carbons (Fsp3) is 0.750. The summed E-state index contributed by atoms with van der Waals surface area (Å²) in [7, 11) is -11.6. The van der Waals surface area contributed by atoms with Crippen LogP contribution >= 0.6 is 15.6 Å². The molecular formula is C16H24N2Na2O16P2-. The normalized spacial score (nSPS) is 34.4. The smallest absolute Gasteiger partial charge is 0.756 e. The van der Waals surface area contributed by atoms with Gasteiger partial charge in [0.05, 0.1) is 19.3 Å². The van der Waals surface area contributed by atoms with Crippen molar-refractivity contribution in [1.82, 2.24) is 9.55 Å². The minimum Gasteiger partial charge on any atom is -0.756 e. The average Bonchev–Trinajstić information content (AvgIpc) is 3.14. The maximum absolute atomic E-state index is 12.0. The van der Waals surface area contributed by atoms with Gasteiger partial charge in [0, 0.05) is 47.7 Å². The molecule has 38 heavy (non-hydrogen) atoms. The number of ether oxygens (including phenoxy) is 2. The predicted molar refractivity (Wildman–Crippen MR) is 113 cm³/mol. The van der Waals surface area contributed by atoms with Crippen LogP contribution in [0.5, 0.6) is 0 Å². The number of aliphatic hydroxyl groups is 5. The molecule has 1 aromatic heterocycles. The molecule has 0 spiro atoms. The molecule has 0 aliphatic carbocycles. The van der Waals surface area contributed by atoms with E-state index in [-0.39, 0.29) is 71.1 Å². The van der Waals surface area contributed by atoms with E-state index in [1.807, 2.05) is 4.98 Å². The largest absolute Gasteiger partial charge is 1.00 e. The summed E-state index contributed by atoms with van der Waals surface area (Å²) in [6, 6.07) is 0. The molecule has 3 rings (SSSR count). The van der Waals surface area contributed by atoms with Crippen LogP contribution in [0.1, 0.15) is 18.2 Å². The van der Waals surface area contributed by atoms with Gasteiger partial charge in [0.1, 0.15) is 36.7 Å². The van der Waals surface area contributed by atoms with Gasteiger partial charge in [0.2, 0.25) is 0 Å². The van der Waals surface area contributed by atoms with Gasteiger partial charge in [-0.25, -0.2) is 9.11 Å². The van der Waals surface area contributed by atoms with Crippen molar-refractivity contribution in [1.29, 1.82) is 0 Å². The molecule has 3 heterocycles. The molecule has 2 aliphatic heterocycles. The van der Waals surface area contributed by atoms with Gasteiger partial charge in [-0.05, 0) is 6.92 Å². The Morgan fingerprint density at radius 2 is 1.71 bits per heavy atom. The van der Waals surface area contributed by atoms with Gasteiger partial charge in [-0.15, -0.1) is 0 Å². The van der Waals surface area contributed by atoms with Gasteiger partial charge in [-0.3, -0.25) is 28.0 Å². The van der Waals surface area contributed by atoms with E-state index in [0.29, 0.717) is 0 Å². The van der Waals surface area contributed by atoms with Gasteiger partial charge in [-0.2, -0.15) is 0 Å². The molecule has 0 amide bonds. The van der Waals surface area contributed by atoms with Crippen LogP contribution in [0, 0.1) is 6.92 Å². The number of hydrogen-bond donors (Lipinski definition) is 6. The van der Waals surface area contributed by atoms with Crippen LogP contribution in [0.15, 0.2) is 15.8 Å². The first kappa shape index (κ1) is 36.7. The fourth-order valence-corrected chi connectivity index (χ4v) is 5.53. The van der Waals surface area contributed by atoms with Crippen molar-refractivity contribution in [2.75, 3.05) is 13.2 Å². The Morgan fingerprint density at radius 1 is 1.08 bits per heavy atom. The minimum absolute atomic E-state index is 0. The fourth-order valence-electron chi connectivity index (χ4n) is 3.45. The van der Waals surface area contributed by atoms with Gasteiger partial charge < -0.3 is 49.3 Å². The van der Waals surface area contributed by atoms with Gasteiger partial charge in [0.15, 0.2) is 6.29 Å². The Balaban J connectivity index is 0.00000361. The van der Waals surface area contributed by atoms with E-state index >= 15 is 0 Å². The number of rotatable bonds is 9. The Bertz CT molecular complexity index is 1150. The van der Waals surface area contributed by atoms with E-state index < -0.39 is 89.2 Å². The number of aliphatic hydroxyl groups excluding tert-OH is 5. The van der Waals surface area contributed by atoms with Gasteiger partial charge >= 0.3 is 35.2 Å². The van der Waals surface area contributed by atoms with E-state index in [1.54, 1.807) is 0 Å². The second-order valence-corrected chi connectivity index (χ2v) is 10.9. The molecule has 2 saturated heterocycles. The van der Waals surface area contributed by atoms with Crippen molar-refractivity contribution >= 4 is 45.2 Å². The number of nitrogens with one attached hydrogen (secondary N) is 1.